The Labute approximate surface area is 277 Å². The maximum atomic E-state index is 14.0. The Hall–Kier alpha value is -6.26. The third-order valence-electron chi connectivity index (χ3n) is 10.1. The van der Waals surface area contributed by atoms with E-state index >= 15 is 0 Å². The Kier molecular flexibility index (Phi) is 5.82. The Morgan fingerprint density at radius 1 is 0.542 bits per heavy atom. The van der Waals surface area contributed by atoms with E-state index in [0.717, 1.165) is 33.1 Å². The molecule has 226 valence electrons. The Morgan fingerprint density at radius 3 is 2.02 bits per heavy atom. The average Bonchev–Trinajstić information content (AvgIpc) is 3.71. The molecule has 2 unspecified atom stereocenters. The van der Waals surface area contributed by atoms with Crippen LogP contribution in [-0.2, 0) is 0 Å². The molecule has 2 aliphatic rings. The number of rotatable bonds is 4. The fourth-order valence-electron chi connectivity index (χ4n) is 7.87. The van der Waals surface area contributed by atoms with E-state index in [1.807, 2.05) is 52.9 Å². The monoisotopic (exact) mass is 615 g/mol. The van der Waals surface area contributed by atoms with Crippen molar-refractivity contribution in [1.82, 2.24) is 9.38 Å². The van der Waals surface area contributed by atoms with Gasteiger partial charge >= 0.3 is 0 Å². The van der Waals surface area contributed by atoms with E-state index in [1.165, 1.54) is 33.5 Å². The highest BCUT2D eigenvalue weighted by Gasteiger charge is 2.38. The molecule has 0 bridgehead atoms. The van der Waals surface area contributed by atoms with E-state index in [4.69, 9.17) is 4.98 Å². The molecule has 4 nitrogen and oxygen atoms in total. The number of hydrogen-bond donors (Lipinski definition) is 0. The van der Waals surface area contributed by atoms with Gasteiger partial charge in [0.05, 0.1) is 17.1 Å². The van der Waals surface area contributed by atoms with Crippen LogP contribution < -0.4 is 10.5 Å². The van der Waals surface area contributed by atoms with Crippen molar-refractivity contribution < 1.29 is 0 Å². The molecule has 1 aliphatic heterocycles. The zero-order chi connectivity index (χ0) is 31.8. The fraction of sp³-hybridized carbons (Fsp3) is 0.0455. The summed E-state index contributed by atoms with van der Waals surface area (Å²) in [5.74, 6) is 0.881. The van der Waals surface area contributed by atoms with Gasteiger partial charge in [-0.3, -0.25) is 9.20 Å². The molecule has 8 aromatic rings. The zero-order valence-corrected chi connectivity index (χ0v) is 26.0. The van der Waals surface area contributed by atoms with Crippen LogP contribution in [0, 0.1) is 0 Å². The minimum atomic E-state index is -0.0389. The number of aromatic nitrogens is 2. The highest BCUT2D eigenvalue weighted by Crippen LogP contribution is 2.50. The molecule has 2 aromatic heterocycles. The zero-order valence-electron chi connectivity index (χ0n) is 26.0. The topological polar surface area (TPSA) is 37.6 Å². The van der Waals surface area contributed by atoms with Gasteiger partial charge in [0.1, 0.15) is 5.82 Å². The van der Waals surface area contributed by atoms with E-state index in [-0.39, 0.29) is 17.5 Å². The van der Waals surface area contributed by atoms with Crippen LogP contribution in [0.1, 0.15) is 11.5 Å². The summed E-state index contributed by atoms with van der Waals surface area (Å²) in [5, 5.41) is 2.67. The van der Waals surface area contributed by atoms with Gasteiger partial charge in [-0.15, -0.1) is 0 Å². The van der Waals surface area contributed by atoms with Crippen molar-refractivity contribution in [1.29, 1.82) is 0 Å². The van der Waals surface area contributed by atoms with Crippen LogP contribution in [0.3, 0.4) is 0 Å². The van der Waals surface area contributed by atoms with Crippen molar-refractivity contribution in [3.63, 3.8) is 0 Å². The summed E-state index contributed by atoms with van der Waals surface area (Å²) in [4.78, 5) is 21.6. The first-order chi connectivity index (χ1) is 23.7. The van der Waals surface area contributed by atoms with Crippen molar-refractivity contribution in [3.05, 3.63) is 180 Å². The first-order valence-electron chi connectivity index (χ1n) is 16.4. The van der Waals surface area contributed by atoms with Gasteiger partial charge in [0.25, 0.3) is 5.56 Å². The van der Waals surface area contributed by atoms with Gasteiger partial charge in [-0.1, -0.05) is 127 Å². The van der Waals surface area contributed by atoms with Crippen molar-refractivity contribution in [3.8, 4) is 33.6 Å². The molecular formula is C44H29N3O. The molecule has 0 saturated heterocycles. The second kappa shape index (κ2) is 10.4. The minimum absolute atomic E-state index is 0.0389. The van der Waals surface area contributed by atoms with Crippen molar-refractivity contribution in [2.45, 2.75) is 12.0 Å². The van der Waals surface area contributed by atoms with Gasteiger partial charge in [-0.25, -0.2) is 4.98 Å². The number of nitrogens with zero attached hydrogens (tertiary/aromatic N) is 3. The summed E-state index contributed by atoms with van der Waals surface area (Å²) in [5.41, 5.74) is 11.0. The van der Waals surface area contributed by atoms with E-state index in [9.17, 15) is 4.79 Å². The lowest BCUT2D eigenvalue weighted by Gasteiger charge is -2.29. The Morgan fingerprint density at radius 2 is 1.21 bits per heavy atom. The van der Waals surface area contributed by atoms with Gasteiger partial charge in [0.2, 0.25) is 0 Å². The predicted octanol–water partition coefficient (Wildman–Crippen LogP) is 10.2. The standard InChI is InChI=1S/C44H29N3O/c48-44-36-20-8-7-18-34(36)38-26-33(27-39-42(38)47(44)43(45-39)29-14-5-2-6-15-29)46-40-21-10-9-19-35(40)37-25-32(22-23-41(37)46)31-17-11-16-30(24-31)28-12-3-1-4-13-28/h1-27,35,40H. The fourth-order valence-corrected chi connectivity index (χ4v) is 7.87. The lowest BCUT2D eigenvalue weighted by atomic mass is 9.89. The van der Waals surface area contributed by atoms with E-state index in [1.54, 1.807) is 0 Å². The van der Waals surface area contributed by atoms with Crippen LogP contribution in [0.4, 0.5) is 11.4 Å². The van der Waals surface area contributed by atoms with E-state index in [0.29, 0.717) is 11.2 Å². The number of hydrogen-bond acceptors (Lipinski definition) is 3. The van der Waals surface area contributed by atoms with Gasteiger partial charge in [-0.05, 0) is 69.6 Å². The maximum Gasteiger partial charge on any atom is 0.264 e. The third-order valence-corrected chi connectivity index (χ3v) is 10.1. The minimum Gasteiger partial charge on any atom is -0.333 e. The quantitative estimate of drug-likeness (QED) is 0.185. The molecule has 0 radical (unpaired) electrons. The molecule has 0 fully saturated rings. The summed E-state index contributed by atoms with van der Waals surface area (Å²) in [6, 6.07) is 48.8. The number of allylic oxidation sites excluding steroid dienone is 2. The largest absolute Gasteiger partial charge is 0.333 e. The SMILES string of the molecule is O=c1c2ccccc2c2cc(N3c4ccc(-c5cccc(-c6ccccc6)c5)cc4C4C=CC=CC43)cc3nc(-c4ccccc4)n1c32. The van der Waals surface area contributed by atoms with Crippen LogP contribution in [0.15, 0.2) is 169 Å². The van der Waals surface area contributed by atoms with Gasteiger partial charge in [0.15, 0.2) is 0 Å². The van der Waals surface area contributed by atoms with Crippen LogP contribution in [0.2, 0.25) is 0 Å². The smallest absolute Gasteiger partial charge is 0.264 e. The molecule has 0 saturated carbocycles. The maximum absolute atomic E-state index is 14.0. The predicted molar refractivity (Wildman–Crippen MR) is 197 cm³/mol. The Bertz CT molecular complexity index is 2650. The molecule has 0 amide bonds. The second-order valence-corrected chi connectivity index (χ2v) is 12.7. The second-order valence-electron chi connectivity index (χ2n) is 12.7. The first kappa shape index (κ1) is 26.9. The Balaban J connectivity index is 1.17. The van der Waals surface area contributed by atoms with E-state index < -0.39 is 0 Å². The molecule has 2 atom stereocenters. The number of imidazole rings is 1. The molecule has 1 aliphatic carbocycles. The van der Waals surface area contributed by atoms with Gasteiger partial charge in [-0.2, -0.15) is 0 Å². The van der Waals surface area contributed by atoms with Crippen molar-refractivity contribution in [2.75, 3.05) is 4.90 Å². The molecule has 10 rings (SSSR count). The summed E-state index contributed by atoms with van der Waals surface area (Å²) >= 11 is 0. The average molecular weight is 616 g/mol. The summed E-state index contributed by atoms with van der Waals surface area (Å²) in [6.07, 6.45) is 8.96. The lowest BCUT2D eigenvalue weighted by Crippen LogP contribution is -2.28. The molecular weight excluding hydrogens is 587 g/mol. The summed E-state index contributed by atoms with van der Waals surface area (Å²) in [6.45, 7) is 0. The number of benzene rings is 6. The number of pyridine rings is 1. The normalized spacial score (nSPS) is 16.6. The molecule has 0 N–H and O–H groups in total. The van der Waals surface area contributed by atoms with Crippen molar-refractivity contribution >= 4 is 38.6 Å². The number of anilines is 2. The molecule has 4 heteroatoms. The highest BCUT2D eigenvalue weighted by molar-refractivity contribution is 6.13. The third kappa shape index (κ3) is 3.96. The van der Waals surface area contributed by atoms with Crippen molar-refractivity contribution in [2.24, 2.45) is 0 Å². The molecule has 3 heterocycles. The van der Waals surface area contributed by atoms with Crippen LogP contribution in [0.5, 0.6) is 0 Å². The number of fused-ring (bicyclic) bond motifs is 5. The van der Waals surface area contributed by atoms with Crippen LogP contribution in [-0.4, -0.2) is 15.4 Å². The summed E-state index contributed by atoms with van der Waals surface area (Å²) in [7, 11) is 0. The van der Waals surface area contributed by atoms with Crippen LogP contribution in [0.25, 0.3) is 60.8 Å². The summed E-state index contributed by atoms with van der Waals surface area (Å²) < 4.78 is 1.81. The molecule has 0 spiro atoms. The van der Waals surface area contributed by atoms with Gasteiger partial charge in [0, 0.05) is 33.6 Å². The highest BCUT2D eigenvalue weighted by atomic mass is 16.1. The van der Waals surface area contributed by atoms with Gasteiger partial charge < -0.3 is 4.90 Å². The molecule has 48 heavy (non-hydrogen) atoms. The molecule has 6 aromatic carbocycles. The first-order valence-corrected chi connectivity index (χ1v) is 16.4. The lowest BCUT2D eigenvalue weighted by molar-refractivity contribution is 0.745. The van der Waals surface area contributed by atoms with Crippen LogP contribution >= 0.6 is 0 Å². The van der Waals surface area contributed by atoms with E-state index in [2.05, 4.69) is 120 Å².